The van der Waals surface area contributed by atoms with Crippen molar-refractivity contribution in [3.63, 3.8) is 0 Å². The lowest BCUT2D eigenvalue weighted by molar-refractivity contribution is 0.318. The molecule has 2 rings (SSSR count). The van der Waals surface area contributed by atoms with Gasteiger partial charge in [-0.25, -0.2) is 9.37 Å². The number of ether oxygens (including phenoxy) is 1. The standard InChI is InChI=1S/C12H8Cl2FN3O2/c13-8-5-6(1-2-9(8)15)20-12-10(14)7(3-4-17-12)11(16)18-19/h1-5,19H,(H2,16,18). The number of halogens is 3. The Morgan fingerprint density at radius 3 is 2.75 bits per heavy atom. The summed E-state index contributed by atoms with van der Waals surface area (Å²) in [5.41, 5.74) is 5.72. The second kappa shape index (κ2) is 5.94. The van der Waals surface area contributed by atoms with Crippen LogP contribution in [0.2, 0.25) is 10.0 Å². The number of oxime groups is 1. The molecule has 1 heterocycles. The van der Waals surface area contributed by atoms with Crippen molar-refractivity contribution < 1.29 is 14.3 Å². The van der Waals surface area contributed by atoms with E-state index in [4.69, 9.17) is 38.9 Å². The number of nitrogens with zero attached hydrogens (tertiary/aromatic N) is 2. The molecule has 0 saturated heterocycles. The number of hydrogen-bond acceptors (Lipinski definition) is 4. The van der Waals surface area contributed by atoms with Gasteiger partial charge < -0.3 is 15.7 Å². The van der Waals surface area contributed by atoms with Crippen LogP contribution in [-0.2, 0) is 0 Å². The van der Waals surface area contributed by atoms with Crippen molar-refractivity contribution >= 4 is 29.0 Å². The van der Waals surface area contributed by atoms with Gasteiger partial charge in [0, 0.05) is 17.8 Å². The van der Waals surface area contributed by atoms with Crippen LogP contribution in [0, 0.1) is 5.82 Å². The van der Waals surface area contributed by atoms with Gasteiger partial charge in [0.15, 0.2) is 5.84 Å². The molecule has 0 amide bonds. The molecule has 104 valence electrons. The summed E-state index contributed by atoms with van der Waals surface area (Å²) in [6, 6.07) is 5.27. The van der Waals surface area contributed by atoms with Gasteiger partial charge in [-0.3, -0.25) is 0 Å². The number of rotatable bonds is 3. The molecule has 0 aliphatic carbocycles. The second-order valence-electron chi connectivity index (χ2n) is 3.64. The van der Waals surface area contributed by atoms with E-state index < -0.39 is 5.82 Å². The minimum absolute atomic E-state index is 0.0263. The Bertz CT molecular complexity index is 680. The zero-order chi connectivity index (χ0) is 14.7. The van der Waals surface area contributed by atoms with E-state index in [-0.39, 0.29) is 33.1 Å². The van der Waals surface area contributed by atoms with Crippen molar-refractivity contribution in [2.45, 2.75) is 0 Å². The third kappa shape index (κ3) is 2.92. The first-order valence-electron chi connectivity index (χ1n) is 5.28. The molecule has 0 spiro atoms. The SMILES string of the molecule is N/C(=N/O)c1ccnc(Oc2ccc(F)c(Cl)c2)c1Cl. The highest BCUT2D eigenvalue weighted by Gasteiger charge is 2.13. The normalized spacial score (nSPS) is 11.4. The smallest absolute Gasteiger partial charge is 0.238 e. The Hall–Kier alpha value is -2.05. The lowest BCUT2D eigenvalue weighted by Gasteiger charge is -2.09. The number of amidine groups is 1. The molecule has 20 heavy (non-hydrogen) atoms. The van der Waals surface area contributed by atoms with Crippen molar-refractivity contribution in [1.29, 1.82) is 0 Å². The Labute approximate surface area is 123 Å². The number of pyridine rings is 1. The first-order valence-corrected chi connectivity index (χ1v) is 6.04. The Morgan fingerprint density at radius 2 is 2.10 bits per heavy atom. The topological polar surface area (TPSA) is 80.7 Å². The lowest BCUT2D eigenvalue weighted by atomic mass is 10.2. The van der Waals surface area contributed by atoms with Crippen LogP contribution >= 0.6 is 23.2 Å². The van der Waals surface area contributed by atoms with Crippen molar-refractivity contribution in [3.8, 4) is 11.6 Å². The molecule has 8 heteroatoms. The third-order valence-electron chi connectivity index (χ3n) is 2.35. The second-order valence-corrected chi connectivity index (χ2v) is 4.43. The van der Waals surface area contributed by atoms with Crippen LogP contribution in [0.25, 0.3) is 0 Å². The molecule has 2 aromatic rings. The van der Waals surface area contributed by atoms with E-state index in [1.165, 1.54) is 24.4 Å². The van der Waals surface area contributed by atoms with E-state index in [0.29, 0.717) is 0 Å². The molecular weight excluding hydrogens is 308 g/mol. The van der Waals surface area contributed by atoms with Crippen molar-refractivity contribution in [3.05, 3.63) is 51.9 Å². The van der Waals surface area contributed by atoms with Gasteiger partial charge in [0.2, 0.25) is 5.88 Å². The molecule has 0 atom stereocenters. The average Bonchev–Trinajstić information content (AvgIpc) is 2.44. The number of nitrogens with two attached hydrogens (primary N) is 1. The van der Waals surface area contributed by atoms with Crippen molar-refractivity contribution in [1.82, 2.24) is 4.98 Å². The molecule has 1 aromatic carbocycles. The van der Waals surface area contributed by atoms with Crippen LogP contribution in [0.5, 0.6) is 11.6 Å². The fraction of sp³-hybridized carbons (Fsp3) is 0. The van der Waals surface area contributed by atoms with Crippen LogP contribution in [0.1, 0.15) is 5.56 Å². The molecule has 3 N–H and O–H groups in total. The quantitative estimate of drug-likeness (QED) is 0.393. The minimum atomic E-state index is -0.566. The fourth-order valence-corrected chi connectivity index (χ4v) is 1.82. The molecule has 1 aromatic heterocycles. The molecule has 5 nitrogen and oxygen atoms in total. The summed E-state index contributed by atoms with van der Waals surface area (Å²) in [7, 11) is 0. The maximum Gasteiger partial charge on any atom is 0.238 e. The average molecular weight is 316 g/mol. The predicted octanol–water partition coefficient (Wildman–Crippen LogP) is 3.41. The first-order chi connectivity index (χ1) is 9.52. The summed E-state index contributed by atoms with van der Waals surface area (Å²) in [4.78, 5) is 3.92. The van der Waals surface area contributed by atoms with E-state index in [9.17, 15) is 4.39 Å². The third-order valence-corrected chi connectivity index (χ3v) is 3.00. The van der Waals surface area contributed by atoms with Crippen molar-refractivity contribution in [2.24, 2.45) is 10.9 Å². The number of aromatic nitrogens is 1. The van der Waals surface area contributed by atoms with Gasteiger partial charge in [-0.15, -0.1) is 0 Å². The zero-order valence-electron chi connectivity index (χ0n) is 9.85. The van der Waals surface area contributed by atoms with Crippen LogP contribution < -0.4 is 10.5 Å². The fourth-order valence-electron chi connectivity index (χ4n) is 1.40. The van der Waals surface area contributed by atoms with E-state index in [0.717, 1.165) is 6.07 Å². The van der Waals surface area contributed by atoms with Gasteiger partial charge in [0.1, 0.15) is 16.6 Å². The van der Waals surface area contributed by atoms with Crippen LogP contribution in [0.4, 0.5) is 4.39 Å². The van der Waals surface area contributed by atoms with Crippen LogP contribution in [0.3, 0.4) is 0 Å². The van der Waals surface area contributed by atoms with Gasteiger partial charge in [0.25, 0.3) is 0 Å². The maximum absolute atomic E-state index is 13.0. The van der Waals surface area contributed by atoms with Crippen LogP contribution in [0.15, 0.2) is 35.6 Å². The highest BCUT2D eigenvalue weighted by Crippen LogP contribution is 2.31. The van der Waals surface area contributed by atoms with E-state index in [1.807, 2.05) is 0 Å². The molecule has 0 radical (unpaired) electrons. The summed E-state index contributed by atoms with van der Waals surface area (Å²) in [6.07, 6.45) is 1.37. The van der Waals surface area contributed by atoms with E-state index in [1.54, 1.807) is 0 Å². The van der Waals surface area contributed by atoms with Gasteiger partial charge in [-0.2, -0.15) is 0 Å². The van der Waals surface area contributed by atoms with Gasteiger partial charge >= 0.3 is 0 Å². The Morgan fingerprint density at radius 1 is 1.35 bits per heavy atom. The Balaban J connectivity index is 2.36. The number of benzene rings is 1. The van der Waals surface area contributed by atoms with Crippen molar-refractivity contribution in [2.75, 3.05) is 0 Å². The predicted molar refractivity (Wildman–Crippen MR) is 73.2 cm³/mol. The van der Waals surface area contributed by atoms with E-state index >= 15 is 0 Å². The lowest BCUT2D eigenvalue weighted by Crippen LogP contribution is -2.14. The number of hydrogen-bond donors (Lipinski definition) is 2. The van der Waals surface area contributed by atoms with Gasteiger partial charge in [0.05, 0.1) is 5.02 Å². The molecule has 0 unspecified atom stereocenters. The van der Waals surface area contributed by atoms with Gasteiger partial charge in [-0.1, -0.05) is 28.4 Å². The molecule has 0 saturated carbocycles. The zero-order valence-corrected chi connectivity index (χ0v) is 11.4. The highest BCUT2D eigenvalue weighted by atomic mass is 35.5. The molecule has 0 fully saturated rings. The van der Waals surface area contributed by atoms with Gasteiger partial charge in [-0.05, 0) is 18.2 Å². The minimum Gasteiger partial charge on any atom is -0.437 e. The summed E-state index contributed by atoms with van der Waals surface area (Å²) in [6.45, 7) is 0. The molecule has 0 bridgehead atoms. The molecular formula is C12H8Cl2FN3O2. The summed E-state index contributed by atoms with van der Waals surface area (Å²) >= 11 is 11.7. The summed E-state index contributed by atoms with van der Waals surface area (Å²) < 4.78 is 18.4. The molecule has 0 aliphatic heterocycles. The molecule has 0 aliphatic rings. The summed E-state index contributed by atoms with van der Waals surface area (Å²) in [5.74, 6) is -0.469. The maximum atomic E-state index is 13.0. The van der Waals surface area contributed by atoms with Crippen LogP contribution in [-0.4, -0.2) is 16.0 Å². The highest BCUT2D eigenvalue weighted by molar-refractivity contribution is 6.35. The van der Waals surface area contributed by atoms with E-state index in [2.05, 4.69) is 10.1 Å². The first kappa shape index (κ1) is 14.4. The Kier molecular flexibility index (Phi) is 4.26. The monoisotopic (exact) mass is 315 g/mol. The largest absolute Gasteiger partial charge is 0.437 e. The summed E-state index contributed by atoms with van der Waals surface area (Å²) in [5, 5.41) is 11.5.